The first kappa shape index (κ1) is 14.2. The average molecular weight is 310 g/mol. The Morgan fingerprint density at radius 3 is 2.47 bits per heavy atom. The minimum Gasteiger partial charge on any atom is -0.349 e. The van der Waals surface area contributed by atoms with Crippen molar-refractivity contribution in [3.63, 3.8) is 0 Å². The van der Waals surface area contributed by atoms with Gasteiger partial charge in [-0.2, -0.15) is 0 Å². The van der Waals surface area contributed by atoms with Crippen molar-refractivity contribution in [3.8, 4) is 0 Å². The minimum absolute atomic E-state index is 0.0915. The zero-order valence-corrected chi connectivity index (χ0v) is 11.4. The molecule has 0 radical (unpaired) electrons. The van der Waals surface area contributed by atoms with Crippen LogP contribution >= 0.6 is 10.7 Å². The monoisotopic (exact) mass is 309 g/mol. The molecule has 1 fully saturated rings. The number of nitrogens with one attached hydrogen (secondary N) is 1. The van der Waals surface area contributed by atoms with Crippen molar-refractivity contribution < 1.29 is 22.0 Å². The molecule has 0 aliphatic heterocycles. The van der Waals surface area contributed by atoms with E-state index >= 15 is 0 Å². The molecule has 0 saturated heterocycles. The lowest BCUT2D eigenvalue weighted by Crippen LogP contribution is -2.28. The van der Waals surface area contributed by atoms with E-state index in [4.69, 9.17) is 10.7 Å². The Morgan fingerprint density at radius 2 is 2.00 bits per heavy atom. The highest BCUT2D eigenvalue weighted by Gasteiger charge is 2.35. The predicted molar refractivity (Wildman–Crippen MR) is 64.4 cm³/mol. The number of carbonyl (C=O) groups is 1. The second kappa shape index (κ2) is 4.72. The van der Waals surface area contributed by atoms with Gasteiger partial charge in [0.1, 0.15) is 0 Å². The predicted octanol–water partition coefficient (Wildman–Crippen LogP) is 2.03. The zero-order valence-electron chi connectivity index (χ0n) is 9.78. The molecule has 8 heteroatoms. The van der Waals surface area contributed by atoms with Crippen LogP contribution < -0.4 is 5.32 Å². The van der Waals surface area contributed by atoms with E-state index in [1.54, 1.807) is 0 Å². The first-order valence-electron chi connectivity index (χ1n) is 5.44. The Balaban J connectivity index is 2.38. The van der Waals surface area contributed by atoms with Crippen LogP contribution in [-0.4, -0.2) is 20.4 Å². The zero-order chi connectivity index (χ0) is 14.4. The number of rotatable bonds is 3. The van der Waals surface area contributed by atoms with Crippen molar-refractivity contribution in [2.75, 3.05) is 0 Å². The molecule has 0 heterocycles. The van der Waals surface area contributed by atoms with E-state index < -0.39 is 37.1 Å². The molecule has 2 atom stereocenters. The maximum atomic E-state index is 13.5. The minimum atomic E-state index is -4.24. The fourth-order valence-electron chi connectivity index (χ4n) is 1.64. The summed E-state index contributed by atoms with van der Waals surface area (Å²) in [6.07, 6.45) is 0.753. The molecule has 2 unspecified atom stereocenters. The van der Waals surface area contributed by atoms with Gasteiger partial charge < -0.3 is 5.32 Å². The number of carbonyl (C=O) groups excluding carboxylic acids is 1. The lowest BCUT2D eigenvalue weighted by molar-refractivity contribution is 0.0944. The maximum absolute atomic E-state index is 13.5. The summed E-state index contributed by atoms with van der Waals surface area (Å²) in [5, 5.41) is 2.48. The van der Waals surface area contributed by atoms with E-state index in [0.29, 0.717) is 6.07 Å². The van der Waals surface area contributed by atoms with Crippen molar-refractivity contribution in [1.82, 2.24) is 5.32 Å². The first-order chi connectivity index (χ1) is 8.70. The molecule has 19 heavy (non-hydrogen) atoms. The summed E-state index contributed by atoms with van der Waals surface area (Å²) in [6, 6.07) is 1.07. The molecule has 2 rings (SSSR count). The lowest BCUT2D eigenvalue weighted by Gasteiger charge is -2.07. The van der Waals surface area contributed by atoms with Crippen LogP contribution in [0.3, 0.4) is 0 Å². The molecule has 1 aliphatic carbocycles. The van der Waals surface area contributed by atoms with Gasteiger partial charge in [0.05, 0.1) is 10.5 Å². The number of benzene rings is 1. The second-order valence-corrected chi connectivity index (χ2v) is 7.06. The fourth-order valence-corrected chi connectivity index (χ4v) is 2.41. The molecule has 1 aromatic carbocycles. The molecule has 104 valence electrons. The molecule has 4 nitrogen and oxygen atoms in total. The van der Waals surface area contributed by atoms with Gasteiger partial charge in [0.15, 0.2) is 11.6 Å². The van der Waals surface area contributed by atoms with Gasteiger partial charge >= 0.3 is 0 Å². The SMILES string of the molecule is CC1CC1NC(=O)c1cc(S(=O)(=O)Cl)cc(F)c1F. The molecule has 0 bridgehead atoms. The van der Waals surface area contributed by atoms with Gasteiger partial charge in [0.25, 0.3) is 15.0 Å². The topological polar surface area (TPSA) is 63.2 Å². The van der Waals surface area contributed by atoms with Crippen molar-refractivity contribution in [2.45, 2.75) is 24.3 Å². The highest BCUT2D eigenvalue weighted by atomic mass is 35.7. The molecule has 0 aromatic heterocycles. The quantitative estimate of drug-likeness (QED) is 0.869. The Labute approximate surface area is 113 Å². The summed E-state index contributed by atoms with van der Waals surface area (Å²) in [6.45, 7) is 1.89. The number of hydrogen-bond acceptors (Lipinski definition) is 3. The second-order valence-electron chi connectivity index (χ2n) is 4.50. The molecular weight excluding hydrogens is 300 g/mol. The maximum Gasteiger partial charge on any atom is 0.261 e. The van der Waals surface area contributed by atoms with Gasteiger partial charge in [-0.3, -0.25) is 4.79 Å². The molecule has 1 N–H and O–H groups in total. The molecule has 1 aliphatic rings. The van der Waals surface area contributed by atoms with Gasteiger partial charge in [0, 0.05) is 16.7 Å². The molecule has 1 aromatic rings. The van der Waals surface area contributed by atoms with Crippen LogP contribution in [0.1, 0.15) is 23.7 Å². The van der Waals surface area contributed by atoms with Crippen LogP contribution in [0.25, 0.3) is 0 Å². The van der Waals surface area contributed by atoms with Crippen LogP contribution in [0.2, 0.25) is 0 Å². The summed E-state index contributed by atoms with van der Waals surface area (Å²) in [5.41, 5.74) is -0.668. The Morgan fingerprint density at radius 1 is 1.42 bits per heavy atom. The molecule has 1 amide bonds. The average Bonchev–Trinajstić information content (AvgIpc) is 2.96. The largest absolute Gasteiger partial charge is 0.349 e. The number of halogens is 3. The van der Waals surface area contributed by atoms with Crippen LogP contribution in [0.15, 0.2) is 17.0 Å². The third-order valence-electron chi connectivity index (χ3n) is 2.95. The van der Waals surface area contributed by atoms with Gasteiger partial charge in [-0.05, 0) is 24.5 Å². The van der Waals surface area contributed by atoms with Gasteiger partial charge in [0.2, 0.25) is 0 Å². The first-order valence-corrected chi connectivity index (χ1v) is 7.75. The summed E-state index contributed by atoms with van der Waals surface area (Å²) in [7, 11) is 0.816. The Hall–Kier alpha value is -1.21. The van der Waals surface area contributed by atoms with Crippen molar-refractivity contribution in [3.05, 3.63) is 29.3 Å². The third kappa shape index (κ3) is 3.03. The van der Waals surface area contributed by atoms with Gasteiger partial charge in [-0.1, -0.05) is 6.92 Å². The highest BCUT2D eigenvalue weighted by molar-refractivity contribution is 8.13. The lowest BCUT2D eigenvalue weighted by atomic mass is 10.2. The van der Waals surface area contributed by atoms with Crippen LogP contribution in [0.4, 0.5) is 8.78 Å². The standard InChI is InChI=1S/C11H10ClF2NO3S/c1-5-2-9(5)15-11(16)7-3-6(19(12,17)18)4-8(13)10(7)14/h3-5,9H,2H2,1H3,(H,15,16). The van der Waals surface area contributed by atoms with Crippen LogP contribution in [0, 0.1) is 17.6 Å². The van der Waals surface area contributed by atoms with Crippen molar-refractivity contribution >= 4 is 25.6 Å². The van der Waals surface area contributed by atoms with Gasteiger partial charge in [-0.15, -0.1) is 0 Å². The van der Waals surface area contributed by atoms with E-state index in [0.717, 1.165) is 12.5 Å². The van der Waals surface area contributed by atoms with E-state index in [1.807, 2.05) is 6.92 Å². The van der Waals surface area contributed by atoms with E-state index in [-0.39, 0.29) is 12.0 Å². The fraction of sp³-hybridized carbons (Fsp3) is 0.364. The molecule has 0 spiro atoms. The Bertz CT molecular complexity index is 648. The third-order valence-corrected chi connectivity index (χ3v) is 4.29. The summed E-state index contributed by atoms with van der Waals surface area (Å²) in [4.78, 5) is 11.1. The van der Waals surface area contributed by atoms with E-state index in [1.165, 1.54) is 0 Å². The normalized spacial score (nSPS) is 22.1. The summed E-state index contributed by atoms with van der Waals surface area (Å²) in [5.74, 6) is -3.41. The van der Waals surface area contributed by atoms with Crippen molar-refractivity contribution in [1.29, 1.82) is 0 Å². The molecule has 1 saturated carbocycles. The van der Waals surface area contributed by atoms with E-state index in [9.17, 15) is 22.0 Å². The highest BCUT2D eigenvalue weighted by Crippen LogP contribution is 2.30. The van der Waals surface area contributed by atoms with Crippen molar-refractivity contribution in [2.24, 2.45) is 5.92 Å². The number of hydrogen-bond donors (Lipinski definition) is 1. The Kier molecular flexibility index (Phi) is 3.53. The van der Waals surface area contributed by atoms with E-state index in [2.05, 4.69) is 5.32 Å². The number of amides is 1. The molecular formula is C11H10ClF2NO3S. The van der Waals surface area contributed by atoms with Gasteiger partial charge in [-0.25, -0.2) is 17.2 Å². The smallest absolute Gasteiger partial charge is 0.261 e. The summed E-state index contributed by atoms with van der Waals surface area (Å²) >= 11 is 0. The summed E-state index contributed by atoms with van der Waals surface area (Å²) < 4.78 is 49.0. The van der Waals surface area contributed by atoms with Crippen LogP contribution in [-0.2, 0) is 9.05 Å². The van der Waals surface area contributed by atoms with Crippen LogP contribution in [0.5, 0.6) is 0 Å².